The van der Waals surface area contributed by atoms with Gasteiger partial charge in [0, 0.05) is 31.9 Å². The molecule has 1 amide bonds. The van der Waals surface area contributed by atoms with Gasteiger partial charge in [-0.05, 0) is 58.7 Å². The molecule has 1 atom stereocenters. The Bertz CT molecular complexity index is 1360. The molecule has 192 valence electrons. The summed E-state index contributed by atoms with van der Waals surface area (Å²) in [7, 11) is -3.84. The molecule has 2 aromatic heterocycles. The highest BCUT2D eigenvalue weighted by Gasteiger charge is 2.32. The largest absolute Gasteiger partial charge is 0.444 e. The summed E-state index contributed by atoms with van der Waals surface area (Å²) in [5, 5.41) is 0.615. The molecular formula is C26H33N5O4S. The Morgan fingerprint density at radius 2 is 1.94 bits per heavy atom. The number of ether oxygens (including phenoxy) is 1. The zero-order valence-corrected chi connectivity index (χ0v) is 22.0. The SMILES string of the molecule is C=CCN(c1ncnc2c1ccn2S(=O)(=O)c1ccc(C)cc1)[C@@H]1CCCN(C(=O)OC(C)(C)C)C1. The maximum Gasteiger partial charge on any atom is 0.410 e. The van der Waals surface area contributed by atoms with E-state index in [1.165, 1.54) is 16.5 Å². The molecule has 1 aromatic carbocycles. The molecule has 0 unspecified atom stereocenters. The number of piperidine rings is 1. The number of carbonyl (C=O) groups is 1. The number of amides is 1. The highest BCUT2D eigenvalue weighted by Crippen LogP contribution is 2.30. The van der Waals surface area contributed by atoms with Crippen molar-refractivity contribution < 1.29 is 17.9 Å². The van der Waals surface area contributed by atoms with E-state index in [0.29, 0.717) is 36.5 Å². The van der Waals surface area contributed by atoms with Crippen LogP contribution in [0.15, 0.2) is 60.4 Å². The number of fused-ring (bicyclic) bond motifs is 1. The topological polar surface area (TPSA) is 97.6 Å². The van der Waals surface area contributed by atoms with Crippen LogP contribution in [0.4, 0.5) is 10.6 Å². The number of likely N-dealkylation sites (tertiary alicyclic amines) is 1. The van der Waals surface area contributed by atoms with Gasteiger partial charge >= 0.3 is 6.09 Å². The Balaban J connectivity index is 1.69. The van der Waals surface area contributed by atoms with Gasteiger partial charge in [-0.3, -0.25) is 0 Å². The average molecular weight is 512 g/mol. The molecule has 36 heavy (non-hydrogen) atoms. The van der Waals surface area contributed by atoms with E-state index in [9.17, 15) is 13.2 Å². The molecule has 3 aromatic rings. The van der Waals surface area contributed by atoms with Crippen molar-refractivity contribution in [2.45, 2.75) is 57.1 Å². The summed E-state index contributed by atoms with van der Waals surface area (Å²) in [6, 6.07) is 8.40. The van der Waals surface area contributed by atoms with Crippen molar-refractivity contribution in [1.29, 1.82) is 0 Å². The van der Waals surface area contributed by atoms with Crippen LogP contribution in [0.25, 0.3) is 11.0 Å². The van der Waals surface area contributed by atoms with Crippen LogP contribution in [0.3, 0.4) is 0 Å². The molecule has 0 N–H and O–H groups in total. The van der Waals surface area contributed by atoms with E-state index in [2.05, 4.69) is 21.4 Å². The van der Waals surface area contributed by atoms with Crippen molar-refractivity contribution in [2.75, 3.05) is 24.5 Å². The summed E-state index contributed by atoms with van der Waals surface area (Å²) in [6.45, 7) is 12.9. The minimum atomic E-state index is -3.84. The van der Waals surface area contributed by atoms with Crippen LogP contribution in [-0.4, -0.2) is 64.6 Å². The van der Waals surface area contributed by atoms with Crippen molar-refractivity contribution in [3.63, 3.8) is 0 Å². The first-order valence-corrected chi connectivity index (χ1v) is 13.4. The van der Waals surface area contributed by atoms with Crippen molar-refractivity contribution in [1.82, 2.24) is 18.8 Å². The van der Waals surface area contributed by atoms with Gasteiger partial charge in [0.05, 0.1) is 10.3 Å². The summed E-state index contributed by atoms with van der Waals surface area (Å²) < 4.78 is 33.5. The fraction of sp³-hybridized carbons (Fsp3) is 0.423. The third-order valence-corrected chi connectivity index (χ3v) is 7.77. The predicted octanol–water partition coefficient (Wildman–Crippen LogP) is 4.37. The van der Waals surface area contributed by atoms with Crippen LogP contribution >= 0.6 is 0 Å². The summed E-state index contributed by atoms with van der Waals surface area (Å²) in [6.07, 6.45) is 5.99. The van der Waals surface area contributed by atoms with Gasteiger partial charge in [0.25, 0.3) is 10.0 Å². The van der Waals surface area contributed by atoms with Gasteiger partial charge in [-0.15, -0.1) is 6.58 Å². The molecule has 0 aliphatic carbocycles. The standard InChI is InChI=1S/C26H33N5O4S/c1-6-14-30(20-8-7-15-29(17-20)25(32)35-26(3,4)5)23-22-13-16-31(24(22)28-18-27-23)36(33,34)21-11-9-19(2)10-12-21/h6,9-13,16,18,20H,1,7-8,14-15,17H2,2-5H3/t20-/m1/s1. The van der Waals surface area contributed by atoms with Gasteiger partial charge in [0.15, 0.2) is 5.65 Å². The highest BCUT2D eigenvalue weighted by molar-refractivity contribution is 7.90. The van der Waals surface area contributed by atoms with E-state index in [0.717, 1.165) is 18.4 Å². The van der Waals surface area contributed by atoms with Gasteiger partial charge in [-0.1, -0.05) is 23.8 Å². The minimum Gasteiger partial charge on any atom is -0.444 e. The van der Waals surface area contributed by atoms with E-state index >= 15 is 0 Å². The lowest BCUT2D eigenvalue weighted by Gasteiger charge is -2.40. The maximum atomic E-state index is 13.4. The molecule has 1 aliphatic heterocycles. The van der Waals surface area contributed by atoms with Crippen molar-refractivity contribution in [2.24, 2.45) is 0 Å². The van der Waals surface area contributed by atoms with Crippen molar-refractivity contribution >= 4 is 33.0 Å². The molecular weight excluding hydrogens is 478 g/mol. The zero-order valence-electron chi connectivity index (χ0n) is 21.2. The molecule has 10 heteroatoms. The lowest BCUT2D eigenvalue weighted by Crippen LogP contribution is -2.51. The van der Waals surface area contributed by atoms with Crippen molar-refractivity contribution in [3.05, 3.63) is 61.1 Å². The molecule has 9 nitrogen and oxygen atoms in total. The second kappa shape index (κ2) is 9.93. The van der Waals surface area contributed by atoms with Crippen LogP contribution in [-0.2, 0) is 14.8 Å². The smallest absolute Gasteiger partial charge is 0.410 e. The Labute approximate surface area is 212 Å². The Morgan fingerprint density at radius 1 is 1.22 bits per heavy atom. The molecule has 4 rings (SSSR count). The zero-order chi connectivity index (χ0) is 26.1. The normalized spacial score (nSPS) is 16.7. The molecule has 3 heterocycles. The molecule has 1 aliphatic rings. The van der Waals surface area contributed by atoms with Gasteiger partial charge in [-0.2, -0.15) is 0 Å². The number of carbonyl (C=O) groups excluding carboxylic acids is 1. The van der Waals surface area contributed by atoms with Crippen LogP contribution in [0, 0.1) is 6.92 Å². The number of aryl methyl sites for hydroxylation is 1. The van der Waals surface area contributed by atoms with E-state index in [-0.39, 0.29) is 17.0 Å². The number of hydrogen-bond acceptors (Lipinski definition) is 7. The molecule has 1 saturated heterocycles. The quantitative estimate of drug-likeness (QED) is 0.453. The third kappa shape index (κ3) is 5.23. The summed E-state index contributed by atoms with van der Waals surface area (Å²) in [5.41, 5.74) is 0.702. The number of hydrogen-bond donors (Lipinski definition) is 0. The number of aromatic nitrogens is 3. The summed E-state index contributed by atoms with van der Waals surface area (Å²) >= 11 is 0. The van der Waals surface area contributed by atoms with E-state index < -0.39 is 15.6 Å². The fourth-order valence-electron chi connectivity index (χ4n) is 4.41. The number of nitrogens with zero attached hydrogens (tertiary/aromatic N) is 5. The first kappa shape index (κ1) is 25.7. The van der Waals surface area contributed by atoms with E-state index in [1.54, 1.807) is 41.3 Å². The number of rotatable bonds is 6. The van der Waals surface area contributed by atoms with Crippen LogP contribution < -0.4 is 4.90 Å². The summed E-state index contributed by atoms with van der Waals surface area (Å²) in [5.74, 6) is 0.605. The Morgan fingerprint density at radius 3 is 2.61 bits per heavy atom. The lowest BCUT2D eigenvalue weighted by atomic mass is 10.0. The molecule has 0 bridgehead atoms. The summed E-state index contributed by atoms with van der Waals surface area (Å²) in [4.78, 5) is 25.6. The second-order valence-corrected chi connectivity index (χ2v) is 11.8. The van der Waals surface area contributed by atoms with E-state index in [4.69, 9.17) is 4.74 Å². The maximum absolute atomic E-state index is 13.4. The minimum absolute atomic E-state index is 0.0422. The Kier molecular flexibility index (Phi) is 7.08. The first-order valence-electron chi connectivity index (χ1n) is 12.0. The number of anilines is 1. The Hall–Kier alpha value is -3.40. The highest BCUT2D eigenvalue weighted by atomic mass is 32.2. The van der Waals surface area contributed by atoms with Crippen LogP contribution in [0.5, 0.6) is 0 Å². The van der Waals surface area contributed by atoms with Gasteiger partial charge in [0.1, 0.15) is 17.7 Å². The third-order valence-electron chi connectivity index (χ3n) is 6.09. The van der Waals surface area contributed by atoms with Gasteiger partial charge in [-0.25, -0.2) is 27.2 Å². The lowest BCUT2D eigenvalue weighted by molar-refractivity contribution is 0.0198. The number of benzene rings is 1. The molecule has 0 spiro atoms. The van der Waals surface area contributed by atoms with Gasteiger partial charge < -0.3 is 14.5 Å². The van der Waals surface area contributed by atoms with Crippen molar-refractivity contribution in [3.8, 4) is 0 Å². The fourth-order valence-corrected chi connectivity index (χ4v) is 5.71. The average Bonchev–Trinajstić information content (AvgIpc) is 3.27. The molecule has 1 fully saturated rings. The van der Waals surface area contributed by atoms with Gasteiger partial charge in [0.2, 0.25) is 0 Å². The van der Waals surface area contributed by atoms with E-state index in [1.807, 2.05) is 27.7 Å². The molecule has 0 saturated carbocycles. The van der Waals surface area contributed by atoms with Crippen LogP contribution in [0.2, 0.25) is 0 Å². The molecule has 0 radical (unpaired) electrons. The second-order valence-electron chi connectivity index (χ2n) is 10.0. The van der Waals surface area contributed by atoms with Crippen LogP contribution in [0.1, 0.15) is 39.2 Å². The monoisotopic (exact) mass is 511 g/mol. The predicted molar refractivity (Wildman–Crippen MR) is 140 cm³/mol. The first-order chi connectivity index (χ1) is 17.0.